The van der Waals surface area contributed by atoms with Gasteiger partial charge in [0.2, 0.25) is 0 Å². The van der Waals surface area contributed by atoms with Gasteiger partial charge in [0.25, 0.3) is 5.69 Å². The SMILES string of the molecule is O=[N+]([O-])c1ccc(C=Cc2cnnc3ccccc23)cc1. The Morgan fingerprint density at radius 3 is 2.52 bits per heavy atom. The first-order valence-electron chi connectivity index (χ1n) is 6.37. The predicted octanol–water partition coefficient (Wildman–Crippen LogP) is 3.71. The van der Waals surface area contributed by atoms with Crippen LogP contribution in [0.2, 0.25) is 0 Å². The predicted molar refractivity (Wildman–Crippen MR) is 81.6 cm³/mol. The van der Waals surface area contributed by atoms with Crippen molar-refractivity contribution in [1.82, 2.24) is 10.2 Å². The van der Waals surface area contributed by atoms with Gasteiger partial charge in [-0.3, -0.25) is 10.1 Å². The van der Waals surface area contributed by atoms with Gasteiger partial charge >= 0.3 is 0 Å². The molecule has 0 aliphatic carbocycles. The van der Waals surface area contributed by atoms with Crippen LogP contribution in [0, 0.1) is 10.1 Å². The molecule has 1 aromatic heterocycles. The molecule has 0 bridgehead atoms. The summed E-state index contributed by atoms with van der Waals surface area (Å²) in [5, 5.41) is 19.7. The van der Waals surface area contributed by atoms with Crippen molar-refractivity contribution in [2.45, 2.75) is 0 Å². The molecule has 5 heteroatoms. The molecule has 0 spiro atoms. The lowest BCUT2D eigenvalue weighted by atomic mass is 10.1. The molecule has 102 valence electrons. The first-order valence-corrected chi connectivity index (χ1v) is 6.37. The molecular weight excluding hydrogens is 266 g/mol. The van der Waals surface area contributed by atoms with Gasteiger partial charge in [-0.1, -0.05) is 30.4 Å². The van der Waals surface area contributed by atoms with Gasteiger partial charge in [-0.05, 0) is 23.8 Å². The van der Waals surface area contributed by atoms with Crippen molar-refractivity contribution in [3.63, 3.8) is 0 Å². The van der Waals surface area contributed by atoms with Crippen LogP contribution in [-0.4, -0.2) is 15.1 Å². The minimum absolute atomic E-state index is 0.0863. The summed E-state index contributed by atoms with van der Waals surface area (Å²) < 4.78 is 0. The van der Waals surface area contributed by atoms with Gasteiger partial charge in [-0.2, -0.15) is 10.2 Å². The molecule has 0 N–H and O–H groups in total. The molecule has 0 aliphatic heterocycles. The number of fused-ring (bicyclic) bond motifs is 1. The van der Waals surface area contributed by atoms with Crippen LogP contribution in [0.25, 0.3) is 23.1 Å². The van der Waals surface area contributed by atoms with Gasteiger partial charge in [-0.25, -0.2) is 0 Å². The molecule has 0 radical (unpaired) electrons. The Morgan fingerprint density at radius 2 is 1.76 bits per heavy atom. The second kappa shape index (κ2) is 5.50. The molecule has 0 saturated carbocycles. The molecule has 5 nitrogen and oxygen atoms in total. The van der Waals surface area contributed by atoms with Crippen molar-refractivity contribution in [3.8, 4) is 0 Å². The van der Waals surface area contributed by atoms with E-state index in [2.05, 4.69) is 10.2 Å². The molecule has 2 aromatic carbocycles. The van der Waals surface area contributed by atoms with Crippen LogP contribution in [0.15, 0.2) is 54.7 Å². The largest absolute Gasteiger partial charge is 0.269 e. The van der Waals surface area contributed by atoms with Crippen molar-refractivity contribution in [1.29, 1.82) is 0 Å². The number of hydrogen-bond donors (Lipinski definition) is 0. The van der Waals surface area contributed by atoms with Crippen LogP contribution >= 0.6 is 0 Å². The molecule has 0 saturated heterocycles. The van der Waals surface area contributed by atoms with E-state index in [4.69, 9.17) is 0 Å². The third-order valence-corrected chi connectivity index (χ3v) is 3.14. The highest BCUT2D eigenvalue weighted by Gasteiger charge is 2.03. The fourth-order valence-electron chi connectivity index (χ4n) is 2.05. The maximum Gasteiger partial charge on any atom is 0.269 e. The fraction of sp³-hybridized carbons (Fsp3) is 0. The number of non-ortho nitro benzene ring substituents is 1. The molecule has 1 heterocycles. The average molecular weight is 277 g/mol. The van der Waals surface area contributed by atoms with E-state index < -0.39 is 4.92 Å². The van der Waals surface area contributed by atoms with Gasteiger partial charge in [0.15, 0.2) is 0 Å². The molecule has 0 fully saturated rings. The molecule has 3 rings (SSSR count). The van der Waals surface area contributed by atoms with Gasteiger partial charge in [0.1, 0.15) is 0 Å². The van der Waals surface area contributed by atoms with E-state index in [1.54, 1.807) is 18.3 Å². The summed E-state index contributed by atoms with van der Waals surface area (Å²) in [5.74, 6) is 0. The van der Waals surface area contributed by atoms with E-state index in [9.17, 15) is 10.1 Å². The Labute approximate surface area is 120 Å². The van der Waals surface area contributed by atoms with E-state index in [0.717, 1.165) is 22.0 Å². The number of aromatic nitrogens is 2. The van der Waals surface area contributed by atoms with Crippen molar-refractivity contribution < 1.29 is 4.92 Å². The molecular formula is C16H11N3O2. The zero-order valence-corrected chi connectivity index (χ0v) is 11.0. The standard InChI is InChI=1S/C16H11N3O2/c20-19(21)14-9-6-12(7-10-14)5-8-13-11-17-18-16-4-2-1-3-15(13)16/h1-11H. The van der Waals surface area contributed by atoms with Crippen molar-refractivity contribution in [2.24, 2.45) is 0 Å². The summed E-state index contributed by atoms with van der Waals surface area (Å²) in [7, 11) is 0. The third-order valence-electron chi connectivity index (χ3n) is 3.14. The monoisotopic (exact) mass is 277 g/mol. The summed E-state index contributed by atoms with van der Waals surface area (Å²) in [6.07, 6.45) is 5.52. The Morgan fingerprint density at radius 1 is 1.00 bits per heavy atom. The molecule has 0 atom stereocenters. The van der Waals surface area contributed by atoms with Crippen LogP contribution in [-0.2, 0) is 0 Å². The van der Waals surface area contributed by atoms with Crippen molar-refractivity contribution in [3.05, 3.63) is 76.0 Å². The highest BCUT2D eigenvalue weighted by atomic mass is 16.6. The first kappa shape index (κ1) is 12.9. The Bertz CT molecular complexity index is 821. The van der Waals surface area contributed by atoms with E-state index in [1.165, 1.54) is 12.1 Å². The Balaban J connectivity index is 1.92. The third kappa shape index (κ3) is 2.76. The van der Waals surface area contributed by atoms with Gasteiger partial charge < -0.3 is 0 Å². The van der Waals surface area contributed by atoms with Gasteiger partial charge in [0, 0.05) is 23.1 Å². The summed E-state index contributed by atoms with van der Waals surface area (Å²) in [4.78, 5) is 10.2. The number of nitro groups is 1. The molecule has 21 heavy (non-hydrogen) atoms. The zero-order chi connectivity index (χ0) is 14.7. The van der Waals surface area contributed by atoms with E-state index in [0.29, 0.717) is 0 Å². The van der Waals surface area contributed by atoms with E-state index in [-0.39, 0.29) is 5.69 Å². The lowest BCUT2D eigenvalue weighted by molar-refractivity contribution is -0.384. The second-order valence-electron chi connectivity index (χ2n) is 4.50. The summed E-state index contributed by atoms with van der Waals surface area (Å²) in [5.41, 5.74) is 2.77. The first-order chi connectivity index (χ1) is 10.2. The van der Waals surface area contributed by atoms with E-state index in [1.807, 2.05) is 36.4 Å². The average Bonchev–Trinajstić information content (AvgIpc) is 2.53. The normalized spacial score (nSPS) is 11.0. The second-order valence-corrected chi connectivity index (χ2v) is 4.50. The number of rotatable bonds is 3. The molecule has 0 aliphatic rings. The van der Waals surface area contributed by atoms with Gasteiger partial charge in [0.05, 0.1) is 16.6 Å². The van der Waals surface area contributed by atoms with Gasteiger partial charge in [-0.15, -0.1) is 0 Å². The zero-order valence-electron chi connectivity index (χ0n) is 11.0. The van der Waals surface area contributed by atoms with Crippen LogP contribution < -0.4 is 0 Å². The van der Waals surface area contributed by atoms with E-state index >= 15 is 0 Å². The number of nitrogens with zero attached hydrogens (tertiary/aromatic N) is 3. The van der Waals surface area contributed by atoms with Crippen molar-refractivity contribution in [2.75, 3.05) is 0 Å². The molecule has 3 aromatic rings. The summed E-state index contributed by atoms with van der Waals surface area (Å²) in [6.45, 7) is 0. The van der Waals surface area contributed by atoms with Crippen LogP contribution in [0.4, 0.5) is 5.69 Å². The van der Waals surface area contributed by atoms with Crippen LogP contribution in [0.3, 0.4) is 0 Å². The lowest BCUT2D eigenvalue weighted by Gasteiger charge is -1.99. The quantitative estimate of drug-likeness (QED) is 0.540. The minimum atomic E-state index is -0.409. The fourth-order valence-corrected chi connectivity index (χ4v) is 2.05. The van der Waals surface area contributed by atoms with Crippen LogP contribution in [0.5, 0.6) is 0 Å². The lowest BCUT2D eigenvalue weighted by Crippen LogP contribution is -1.87. The smallest absolute Gasteiger partial charge is 0.258 e. The highest BCUT2D eigenvalue weighted by molar-refractivity contribution is 5.89. The molecule has 0 unspecified atom stereocenters. The number of hydrogen-bond acceptors (Lipinski definition) is 4. The minimum Gasteiger partial charge on any atom is -0.258 e. The number of benzene rings is 2. The Hall–Kier alpha value is -3.08. The number of nitro benzene ring substituents is 1. The summed E-state index contributed by atoms with van der Waals surface area (Å²) >= 11 is 0. The topological polar surface area (TPSA) is 68.9 Å². The summed E-state index contributed by atoms with van der Waals surface area (Å²) in [6, 6.07) is 14.2. The van der Waals surface area contributed by atoms with Crippen LogP contribution in [0.1, 0.15) is 11.1 Å². The Kier molecular flexibility index (Phi) is 3.39. The maximum atomic E-state index is 10.6. The maximum absolute atomic E-state index is 10.6. The highest BCUT2D eigenvalue weighted by Crippen LogP contribution is 2.18. The van der Waals surface area contributed by atoms with Crippen molar-refractivity contribution >= 4 is 28.7 Å². The molecule has 0 amide bonds.